The molecule has 1 saturated heterocycles. The Hall–Kier alpha value is -5.02. The molecule has 1 heterocycles. The first-order chi connectivity index (χ1) is 19.4. The van der Waals surface area contributed by atoms with Crippen LogP contribution in [0.25, 0.3) is 23.3 Å². The van der Waals surface area contributed by atoms with Gasteiger partial charge in [0, 0.05) is 19.2 Å². The highest BCUT2D eigenvalue weighted by Crippen LogP contribution is 2.37. The minimum absolute atomic E-state index is 0.0660. The minimum atomic E-state index is -1.11. The fraction of sp³-hybridized carbons (Fsp3) is 0.129. The summed E-state index contributed by atoms with van der Waals surface area (Å²) in [6, 6.07) is 22.6. The number of para-hydroxylation sites is 2. The Bertz CT molecular complexity index is 1580. The summed E-state index contributed by atoms with van der Waals surface area (Å²) in [6.07, 6.45) is 3.19. The molecule has 0 radical (unpaired) electrons. The van der Waals surface area contributed by atoms with E-state index in [1.165, 1.54) is 30.3 Å². The molecule has 0 bridgehead atoms. The lowest BCUT2D eigenvalue weighted by molar-refractivity contribution is -0.385. The van der Waals surface area contributed by atoms with Crippen LogP contribution in [0.5, 0.6) is 11.5 Å². The quantitative estimate of drug-likeness (QED) is 0.147. The van der Waals surface area contributed by atoms with Crippen LogP contribution in [-0.2, 0) is 4.74 Å². The molecule has 1 aliphatic rings. The van der Waals surface area contributed by atoms with Crippen LogP contribution in [0, 0.1) is 15.9 Å². The van der Waals surface area contributed by atoms with E-state index in [2.05, 4.69) is 4.90 Å². The fourth-order valence-electron chi connectivity index (χ4n) is 4.50. The molecule has 5 rings (SSSR count). The molecule has 0 atom stereocenters. The molecule has 0 amide bonds. The van der Waals surface area contributed by atoms with Crippen LogP contribution in [0.2, 0.25) is 0 Å². The Morgan fingerprint density at radius 1 is 0.925 bits per heavy atom. The maximum atomic E-state index is 13.4. The first-order valence-corrected chi connectivity index (χ1v) is 12.6. The van der Waals surface area contributed by atoms with Crippen LogP contribution in [0.1, 0.15) is 21.5 Å². The second-order valence-electron chi connectivity index (χ2n) is 9.10. The molecule has 8 nitrogen and oxygen atoms in total. The molecule has 1 N–H and O–H groups in total. The number of nitro benzene ring substituents is 1. The highest BCUT2D eigenvalue weighted by molar-refractivity contribution is 5.94. The molecule has 1 aliphatic heterocycles. The van der Waals surface area contributed by atoms with Gasteiger partial charge in [0.1, 0.15) is 5.82 Å². The average molecular weight is 541 g/mol. The summed E-state index contributed by atoms with van der Waals surface area (Å²) in [6.45, 7) is 2.55. The van der Waals surface area contributed by atoms with E-state index in [1.807, 2.05) is 18.2 Å². The third-order valence-electron chi connectivity index (χ3n) is 6.53. The number of nitro groups is 1. The molecule has 0 aliphatic carbocycles. The zero-order chi connectivity index (χ0) is 28.1. The van der Waals surface area contributed by atoms with Gasteiger partial charge in [0.25, 0.3) is 0 Å². The van der Waals surface area contributed by atoms with Crippen molar-refractivity contribution in [3.05, 3.63) is 118 Å². The van der Waals surface area contributed by atoms with Gasteiger partial charge >= 0.3 is 11.7 Å². The molecular formula is C31H25FN2O6. The first kappa shape index (κ1) is 26.6. The van der Waals surface area contributed by atoms with Gasteiger partial charge in [0.2, 0.25) is 5.75 Å². The van der Waals surface area contributed by atoms with Gasteiger partial charge in [0.05, 0.1) is 29.4 Å². The molecule has 0 aromatic heterocycles. The van der Waals surface area contributed by atoms with Gasteiger partial charge in [-0.05, 0) is 64.7 Å². The van der Waals surface area contributed by atoms with Gasteiger partial charge in [-0.3, -0.25) is 10.1 Å². The van der Waals surface area contributed by atoms with Crippen molar-refractivity contribution in [3.63, 3.8) is 0 Å². The smallest absolute Gasteiger partial charge is 0.336 e. The lowest BCUT2D eigenvalue weighted by Crippen LogP contribution is -2.36. The third kappa shape index (κ3) is 6.00. The van der Waals surface area contributed by atoms with Crippen LogP contribution in [-0.4, -0.2) is 42.3 Å². The molecular weight excluding hydrogens is 515 g/mol. The molecule has 0 saturated carbocycles. The van der Waals surface area contributed by atoms with Gasteiger partial charge < -0.3 is 19.5 Å². The van der Waals surface area contributed by atoms with E-state index < -0.39 is 10.9 Å². The number of hydrogen-bond acceptors (Lipinski definition) is 6. The predicted octanol–water partition coefficient (Wildman–Crippen LogP) is 6.90. The number of carbonyl (C=O) groups is 1. The van der Waals surface area contributed by atoms with Gasteiger partial charge in [-0.1, -0.05) is 48.6 Å². The lowest BCUT2D eigenvalue weighted by Gasteiger charge is -2.30. The maximum absolute atomic E-state index is 13.4. The van der Waals surface area contributed by atoms with Crippen molar-refractivity contribution in [2.45, 2.75) is 0 Å². The summed E-state index contributed by atoms with van der Waals surface area (Å²) in [4.78, 5) is 25.4. The van der Waals surface area contributed by atoms with Gasteiger partial charge in [0.15, 0.2) is 5.75 Å². The van der Waals surface area contributed by atoms with E-state index in [9.17, 15) is 24.4 Å². The summed E-state index contributed by atoms with van der Waals surface area (Å²) >= 11 is 0. The number of ether oxygens (including phenoxy) is 2. The number of carboxylic acid groups (broad SMARTS) is 1. The number of morpholine rings is 1. The summed E-state index contributed by atoms with van der Waals surface area (Å²) < 4.78 is 24.8. The van der Waals surface area contributed by atoms with Crippen molar-refractivity contribution in [2.75, 3.05) is 31.2 Å². The number of hydrogen-bond donors (Lipinski definition) is 1. The monoisotopic (exact) mass is 540 g/mol. The molecule has 0 spiro atoms. The third-order valence-corrected chi connectivity index (χ3v) is 6.53. The Labute approximate surface area is 229 Å². The zero-order valence-electron chi connectivity index (χ0n) is 21.3. The van der Waals surface area contributed by atoms with Crippen LogP contribution in [0.15, 0.2) is 84.9 Å². The molecule has 1 fully saturated rings. The Balaban J connectivity index is 1.44. The fourth-order valence-corrected chi connectivity index (χ4v) is 4.50. The first-order valence-electron chi connectivity index (χ1n) is 12.6. The van der Waals surface area contributed by atoms with Crippen LogP contribution in [0.3, 0.4) is 0 Å². The molecule has 4 aromatic rings. The summed E-state index contributed by atoms with van der Waals surface area (Å²) in [5.74, 6) is -0.893. The zero-order valence-corrected chi connectivity index (χ0v) is 21.3. The topological polar surface area (TPSA) is 102 Å². The molecule has 0 unspecified atom stereocenters. The molecule has 202 valence electrons. The maximum Gasteiger partial charge on any atom is 0.336 e. The normalized spacial score (nSPS) is 13.4. The SMILES string of the molecule is O=C(O)c1ccc(-c2ccc(F)cc2)cc1/C=C/c1ccc(Oc2ccccc2N2CCOCC2)c([N+](=O)[O-])c1. The molecule has 40 heavy (non-hydrogen) atoms. The highest BCUT2D eigenvalue weighted by atomic mass is 19.1. The number of aromatic carboxylic acids is 1. The number of anilines is 1. The number of rotatable bonds is 8. The highest BCUT2D eigenvalue weighted by Gasteiger charge is 2.20. The largest absolute Gasteiger partial charge is 0.478 e. The van der Waals surface area contributed by atoms with E-state index in [0.717, 1.165) is 11.3 Å². The van der Waals surface area contributed by atoms with Crippen molar-refractivity contribution in [3.8, 4) is 22.6 Å². The van der Waals surface area contributed by atoms with Crippen molar-refractivity contribution < 1.29 is 28.7 Å². The van der Waals surface area contributed by atoms with E-state index in [0.29, 0.717) is 48.7 Å². The summed E-state index contributed by atoms with van der Waals surface area (Å²) in [5.41, 5.74) is 2.99. The van der Waals surface area contributed by atoms with E-state index >= 15 is 0 Å². The van der Waals surface area contributed by atoms with Gasteiger partial charge in [-0.25, -0.2) is 9.18 Å². The second-order valence-corrected chi connectivity index (χ2v) is 9.10. The van der Waals surface area contributed by atoms with Gasteiger partial charge in [-0.2, -0.15) is 0 Å². The predicted molar refractivity (Wildman–Crippen MR) is 150 cm³/mol. The van der Waals surface area contributed by atoms with Crippen molar-refractivity contribution in [1.29, 1.82) is 0 Å². The molecule has 9 heteroatoms. The van der Waals surface area contributed by atoms with Crippen molar-refractivity contribution in [2.24, 2.45) is 0 Å². The lowest BCUT2D eigenvalue weighted by atomic mass is 9.98. The number of nitrogens with zero attached hydrogens (tertiary/aromatic N) is 2. The van der Waals surface area contributed by atoms with E-state index in [4.69, 9.17) is 9.47 Å². The van der Waals surface area contributed by atoms with E-state index in [1.54, 1.807) is 48.6 Å². The van der Waals surface area contributed by atoms with Crippen molar-refractivity contribution >= 4 is 29.5 Å². The van der Waals surface area contributed by atoms with Gasteiger partial charge in [-0.15, -0.1) is 0 Å². The van der Waals surface area contributed by atoms with Crippen molar-refractivity contribution in [1.82, 2.24) is 0 Å². The standard InChI is InChI=1S/C31H25FN2O6/c32-25-11-8-22(9-12-25)23-10-13-26(31(35)36)24(20-23)7-5-21-6-14-30(28(19-21)34(37)38)40-29-4-2-1-3-27(29)33-15-17-39-18-16-33/h1-14,19-20H,15-18H2,(H,35,36)/b7-5+. The average Bonchev–Trinajstić information content (AvgIpc) is 2.97. The van der Waals surface area contributed by atoms with Crippen LogP contribution < -0.4 is 9.64 Å². The Kier molecular flexibility index (Phi) is 7.84. The number of carboxylic acids is 1. The number of halogens is 1. The van der Waals surface area contributed by atoms with Crippen LogP contribution in [0.4, 0.5) is 15.8 Å². The molecule has 4 aromatic carbocycles. The Morgan fingerprint density at radius 2 is 1.65 bits per heavy atom. The second kappa shape index (κ2) is 11.8. The van der Waals surface area contributed by atoms with E-state index in [-0.39, 0.29) is 22.8 Å². The summed E-state index contributed by atoms with van der Waals surface area (Å²) in [7, 11) is 0. The van der Waals surface area contributed by atoms with Crippen LogP contribution >= 0.6 is 0 Å². The minimum Gasteiger partial charge on any atom is -0.478 e. The summed E-state index contributed by atoms with van der Waals surface area (Å²) in [5, 5.41) is 21.6. The number of benzene rings is 4. The Morgan fingerprint density at radius 3 is 2.38 bits per heavy atom.